The van der Waals surface area contributed by atoms with E-state index in [0.717, 1.165) is 51.3 Å². The lowest BCUT2D eigenvalue weighted by Crippen LogP contribution is -2.52. The predicted octanol–water partition coefficient (Wildman–Crippen LogP) is 5.99. The van der Waals surface area contributed by atoms with Crippen LogP contribution < -0.4 is 0 Å². The molecule has 6 aliphatic rings. The van der Waals surface area contributed by atoms with Gasteiger partial charge in [-0.1, -0.05) is 37.5 Å². The Morgan fingerprint density at radius 2 is 1.83 bits per heavy atom. The molecule has 41 heavy (non-hydrogen) atoms. The minimum atomic E-state index is -0.0362. The van der Waals surface area contributed by atoms with Gasteiger partial charge in [0.05, 0.1) is 44.7 Å². The molecule has 0 aromatic carbocycles. The van der Waals surface area contributed by atoms with Crippen molar-refractivity contribution in [2.75, 3.05) is 53.2 Å². The van der Waals surface area contributed by atoms with Crippen molar-refractivity contribution in [3.05, 3.63) is 22.8 Å². The number of likely N-dealkylation sites (tertiary alicyclic amines) is 1. The van der Waals surface area contributed by atoms with Gasteiger partial charge >= 0.3 is 0 Å². The number of hydrogen-bond donors (Lipinski definition) is 0. The molecule has 2 heterocycles. The highest BCUT2D eigenvalue weighted by Gasteiger charge is 2.59. The maximum Gasteiger partial charge on any atom is 0.155 e. The van der Waals surface area contributed by atoms with E-state index in [4.69, 9.17) is 18.9 Å². The number of methoxy groups -OCH3 is 1. The average Bonchev–Trinajstić information content (AvgIpc) is 3.40. The zero-order valence-electron chi connectivity index (χ0n) is 26.4. The molecule has 2 saturated heterocycles. The van der Waals surface area contributed by atoms with E-state index in [2.05, 4.69) is 32.6 Å². The second kappa shape index (κ2) is 12.1. The predicted molar refractivity (Wildman–Crippen MR) is 161 cm³/mol. The molecule has 2 saturated carbocycles. The molecule has 0 amide bonds. The van der Waals surface area contributed by atoms with E-state index < -0.39 is 0 Å². The fourth-order valence-electron chi connectivity index (χ4n) is 10.4. The Labute approximate surface area is 248 Å². The first-order valence-electron chi connectivity index (χ1n) is 16.7. The van der Waals surface area contributed by atoms with Crippen LogP contribution in [0.4, 0.5) is 0 Å². The summed E-state index contributed by atoms with van der Waals surface area (Å²) in [5.41, 5.74) is 5.06. The molecule has 1 spiro atoms. The minimum Gasteiger partial charge on any atom is -0.382 e. The van der Waals surface area contributed by atoms with Gasteiger partial charge in [-0.15, -0.1) is 0 Å². The molecular formula is C35H55NO5. The smallest absolute Gasteiger partial charge is 0.155 e. The summed E-state index contributed by atoms with van der Waals surface area (Å²) >= 11 is 0. The van der Waals surface area contributed by atoms with Crippen molar-refractivity contribution in [1.29, 1.82) is 0 Å². The van der Waals surface area contributed by atoms with Gasteiger partial charge < -0.3 is 18.9 Å². The van der Waals surface area contributed by atoms with Gasteiger partial charge in [0, 0.05) is 38.6 Å². The SMILES string of the molecule is COCCOCCOCCN1C[C@@H](C)C[C@H]2O[C@]3(CC[C@@H]4C(=C(C)C3)C[C@H]3[C@H]4CCC4=CC(=O)CC[C@@]43C)[C@H](C)C21. The summed E-state index contributed by atoms with van der Waals surface area (Å²) in [6.07, 6.45) is 12.5. The van der Waals surface area contributed by atoms with Gasteiger partial charge in [-0.2, -0.15) is 0 Å². The number of hydrogen-bond acceptors (Lipinski definition) is 6. The Morgan fingerprint density at radius 1 is 1.05 bits per heavy atom. The van der Waals surface area contributed by atoms with E-state index in [1.807, 2.05) is 6.08 Å². The van der Waals surface area contributed by atoms with Crippen molar-refractivity contribution in [2.45, 2.75) is 103 Å². The molecule has 6 rings (SSSR count). The van der Waals surface area contributed by atoms with Gasteiger partial charge in [0.1, 0.15) is 0 Å². The van der Waals surface area contributed by atoms with Crippen molar-refractivity contribution < 1.29 is 23.7 Å². The maximum absolute atomic E-state index is 12.2. The highest BCUT2D eigenvalue weighted by atomic mass is 16.5. The molecule has 1 unspecified atom stereocenters. The van der Waals surface area contributed by atoms with E-state index >= 15 is 0 Å². The van der Waals surface area contributed by atoms with Gasteiger partial charge in [-0.25, -0.2) is 0 Å². The molecule has 0 radical (unpaired) electrons. The third-order valence-corrected chi connectivity index (χ3v) is 12.5. The van der Waals surface area contributed by atoms with Gasteiger partial charge in [0.15, 0.2) is 5.78 Å². The minimum absolute atomic E-state index is 0.0362. The number of fused-ring (bicyclic) bond motifs is 6. The molecule has 0 bridgehead atoms. The summed E-state index contributed by atoms with van der Waals surface area (Å²) in [5, 5.41) is 0. The van der Waals surface area contributed by atoms with Gasteiger partial charge in [-0.3, -0.25) is 9.69 Å². The summed E-state index contributed by atoms with van der Waals surface area (Å²) in [6.45, 7) is 15.2. The zero-order valence-corrected chi connectivity index (χ0v) is 26.4. The van der Waals surface area contributed by atoms with Crippen LogP contribution in [0.1, 0.15) is 85.5 Å². The number of allylic oxidation sites excluding steroid dienone is 3. The highest BCUT2D eigenvalue weighted by Crippen LogP contribution is 2.64. The number of carbonyl (C=O) groups excluding carboxylic acids is 1. The number of rotatable bonds is 9. The van der Waals surface area contributed by atoms with Crippen LogP contribution in [0.3, 0.4) is 0 Å². The Kier molecular flexibility index (Phi) is 8.89. The molecule has 9 atom stereocenters. The number of nitrogens with zero attached hydrogens (tertiary/aromatic N) is 1. The first-order chi connectivity index (χ1) is 19.8. The van der Waals surface area contributed by atoms with Crippen LogP contribution in [0.2, 0.25) is 0 Å². The standard InChI is InChI=1S/C35H55NO5/c1-23-18-32-33(36(22-23)12-13-39-16-17-40-15-14-38-5)25(3)35(41-32)11-9-28-29-7-6-26-19-27(37)8-10-34(26,4)31(29)20-30(28)24(2)21-35/h19,23,25,28-29,31-33H,6-18,20-22H2,1-5H3/t23-,25+,28-,29-,31-,32+,33?,34-,35-/m0/s1. The van der Waals surface area contributed by atoms with Gasteiger partial charge in [-0.05, 0) is 93.5 Å². The van der Waals surface area contributed by atoms with Crippen LogP contribution in [0.15, 0.2) is 22.8 Å². The van der Waals surface area contributed by atoms with Crippen LogP contribution in [-0.4, -0.2) is 81.7 Å². The monoisotopic (exact) mass is 569 g/mol. The van der Waals surface area contributed by atoms with Crippen molar-refractivity contribution >= 4 is 5.78 Å². The Hall–Kier alpha value is -1.05. The quantitative estimate of drug-likeness (QED) is 0.251. The van der Waals surface area contributed by atoms with E-state index in [1.165, 1.54) is 37.7 Å². The van der Waals surface area contributed by atoms with Crippen LogP contribution in [0, 0.1) is 35.0 Å². The molecule has 230 valence electrons. The second-order valence-corrected chi connectivity index (χ2v) is 14.7. The summed E-state index contributed by atoms with van der Waals surface area (Å²) in [6, 6.07) is 0.484. The van der Waals surface area contributed by atoms with Crippen molar-refractivity contribution in [2.24, 2.45) is 35.0 Å². The second-order valence-electron chi connectivity index (χ2n) is 14.7. The van der Waals surface area contributed by atoms with Gasteiger partial charge in [0.2, 0.25) is 0 Å². The van der Waals surface area contributed by atoms with E-state index in [0.29, 0.717) is 68.0 Å². The first-order valence-corrected chi connectivity index (χ1v) is 16.7. The molecule has 0 aromatic heterocycles. The topological polar surface area (TPSA) is 57.2 Å². The average molecular weight is 570 g/mol. The molecular weight excluding hydrogens is 514 g/mol. The van der Waals surface area contributed by atoms with E-state index in [1.54, 1.807) is 18.3 Å². The van der Waals surface area contributed by atoms with Crippen LogP contribution in [0.5, 0.6) is 0 Å². The molecule has 0 N–H and O–H groups in total. The summed E-state index contributed by atoms with van der Waals surface area (Å²) in [4.78, 5) is 14.9. The molecule has 2 aliphatic heterocycles. The van der Waals surface area contributed by atoms with Crippen molar-refractivity contribution in [3.8, 4) is 0 Å². The molecule has 6 heteroatoms. The molecule has 4 fully saturated rings. The fraction of sp³-hybridized carbons (Fsp3) is 0.857. The van der Waals surface area contributed by atoms with Crippen molar-refractivity contribution in [1.82, 2.24) is 4.90 Å². The highest BCUT2D eigenvalue weighted by molar-refractivity contribution is 5.91. The third-order valence-electron chi connectivity index (χ3n) is 12.5. The third kappa shape index (κ3) is 5.54. The number of ether oxygens (including phenoxy) is 4. The number of ketones is 1. The summed E-state index contributed by atoms with van der Waals surface area (Å²) in [7, 11) is 1.70. The zero-order chi connectivity index (χ0) is 28.8. The van der Waals surface area contributed by atoms with E-state index in [-0.39, 0.29) is 11.0 Å². The molecule has 6 nitrogen and oxygen atoms in total. The lowest BCUT2D eigenvalue weighted by atomic mass is 9.56. The van der Waals surface area contributed by atoms with Gasteiger partial charge in [0.25, 0.3) is 0 Å². The van der Waals surface area contributed by atoms with Crippen LogP contribution in [-0.2, 0) is 23.7 Å². The van der Waals surface area contributed by atoms with E-state index in [9.17, 15) is 4.79 Å². The fourth-order valence-corrected chi connectivity index (χ4v) is 10.4. The first kappa shape index (κ1) is 30.0. The normalized spacial score (nSPS) is 42.5. The van der Waals surface area contributed by atoms with Crippen LogP contribution >= 0.6 is 0 Å². The van der Waals surface area contributed by atoms with Crippen LogP contribution in [0.25, 0.3) is 0 Å². The maximum atomic E-state index is 12.2. The largest absolute Gasteiger partial charge is 0.382 e. The lowest BCUT2D eigenvalue weighted by molar-refractivity contribution is -0.116. The number of carbonyl (C=O) groups is 1. The Balaban J connectivity index is 1.13. The molecule has 0 aromatic rings. The van der Waals surface area contributed by atoms with Crippen molar-refractivity contribution in [3.63, 3.8) is 0 Å². The Morgan fingerprint density at radius 3 is 2.63 bits per heavy atom. The lowest BCUT2D eigenvalue weighted by Gasteiger charge is -2.48. The summed E-state index contributed by atoms with van der Waals surface area (Å²) < 4.78 is 23.9. The molecule has 4 aliphatic carbocycles. The summed E-state index contributed by atoms with van der Waals surface area (Å²) in [5.74, 6) is 3.72. The number of piperidine rings is 1. The Bertz CT molecular complexity index is 1040.